The fourth-order valence-corrected chi connectivity index (χ4v) is 1.57. The van der Waals surface area contributed by atoms with Crippen molar-refractivity contribution in [2.75, 3.05) is 6.61 Å². The minimum atomic E-state index is -2.17. The van der Waals surface area contributed by atoms with Gasteiger partial charge >= 0.3 is 29.6 Å². The van der Waals surface area contributed by atoms with Crippen LogP contribution in [-0.2, 0) is 11.1 Å². The van der Waals surface area contributed by atoms with E-state index in [1.54, 1.807) is 6.08 Å². The standard InChI is InChI=1S/C9H8O3S.Na/c10-13(11)8-5-7-3-1-2-4-9(7)12-6-8;/h1-5H,6H2,(H,10,11);/q;+1/p-1. The zero-order valence-corrected chi connectivity index (χ0v) is 10.5. The van der Waals surface area contributed by atoms with Gasteiger partial charge in [0.25, 0.3) is 0 Å². The van der Waals surface area contributed by atoms with Crippen LogP contribution in [-0.4, -0.2) is 15.4 Å². The maximum Gasteiger partial charge on any atom is 1.00 e. The van der Waals surface area contributed by atoms with Crippen LogP contribution >= 0.6 is 0 Å². The molecule has 1 atom stereocenters. The van der Waals surface area contributed by atoms with Gasteiger partial charge in [-0.25, -0.2) is 0 Å². The molecule has 0 saturated heterocycles. The molecule has 1 aromatic carbocycles. The first-order valence-electron chi connectivity index (χ1n) is 3.79. The van der Waals surface area contributed by atoms with Crippen molar-refractivity contribution in [3.8, 4) is 5.75 Å². The molecule has 68 valence electrons. The van der Waals surface area contributed by atoms with Crippen LogP contribution in [0, 0.1) is 0 Å². The number of ether oxygens (including phenoxy) is 1. The molecule has 0 N–H and O–H groups in total. The van der Waals surface area contributed by atoms with Gasteiger partial charge in [0.1, 0.15) is 12.4 Å². The zero-order valence-electron chi connectivity index (χ0n) is 7.73. The molecule has 0 aromatic heterocycles. The molecular formula is C9H7NaO3S. The molecule has 2 rings (SSSR count). The van der Waals surface area contributed by atoms with Gasteiger partial charge in [0, 0.05) is 10.5 Å². The third-order valence-corrected chi connectivity index (χ3v) is 2.48. The van der Waals surface area contributed by atoms with E-state index in [1.165, 1.54) is 0 Å². The molecule has 3 nitrogen and oxygen atoms in total. The fourth-order valence-electron chi connectivity index (χ4n) is 1.19. The molecule has 0 saturated carbocycles. The second-order valence-electron chi connectivity index (χ2n) is 2.67. The van der Waals surface area contributed by atoms with E-state index >= 15 is 0 Å². The Hall–Kier alpha value is -0.130. The van der Waals surface area contributed by atoms with Gasteiger partial charge in [-0.1, -0.05) is 18.2 Å². The largest absolute Gasteiger partial charge is 1.00 e. The van der Waals surface area contributed by atoms with Crippen molar-refractivity contribution in [1.29, 1.82) is 0 Å². The van der Waals surface area contributed by atoms with Gasteiger partial charge in [0.05, 0.1) is 0 Å². The molecule has 0 amide bonds. The summed E-state index contributed by atoms with van der Waals surface area (Å²) < 4.78 is 26.5. The maximum absolute atomic E-state index is 10.6. The van der Waals surface area contributed by atoms with Gasteiger partial charge in [-0.15, -0.1) is 0 Å². The minimum Gasteiger partial charge on any atom is -0.769 e. The van der Waals surface area contributed by atoms with Crippen molar-refractivity contribution >= 4 is 17.2 Å². The quantitative estimate of drug-likeness (QED) is 0.417. The first-order chi connectivity index (χ1) is 6.27. The fraction of sp³-hybridized carbons (Fsp3) is 0.111. The molecule has 0 radical (unpaired) electrons. The van der Waals surface area contributed by atoms with Crippen LogP contribution in [0.1, 0.15) is 5.56 Å². The Morgan fingerprint density at radius 2 is 2.07 bits per heavy atom. The molecule has 0 fully saturated rings. The summed E-state index contributed by atoms with van der Waals surface area (Å²) in [6.45, 7) is 0.132. The topological polar surface area (TPSA) is 49.4 Å². The summed E-state index contributed by atoms with van der Waals surface area (Å²) in [5, 5.41) is 0. The van der Waals surface area contributed by atoms with Crippen LogP contribution in [0.25, 0.3) is 6.08 Å². The van der Waals surface area contributed by atoms with Gasteiger partial charge in [0.2, 0.25) is 0 Å². The van der Waals surface area contributed by atoms with E-state index in [0.717, 1.165) is 11.3 Å². The smallest absolute Gasteiger partial charge is 0.769 e. The number of rotatable bonds is 1. The molecule has 1 heterocycles. The van der Waals surface area contributed by atoms with E-state index < -0.39 is 11.1 Å². The van der Waals surface area contributed by atoms with Crippen LogP contribution in [0.5, 0.6) is 5.75 Å². The van der Waals surface area contributed by atoms with E-state index in [0.29, 0.717) is 4.91 Å². The summed E-state index contributed by atoms with van der Waals surface area (Å²) in [5.74, 6) is 0.733. The molecule has 1 unspecified atom stereocenters. The summed E-state index contributed by atoms with van der Waals surface area (Å²) >= 11 is -2.17. The Bertz CT molecular complexity index is 389. The Labute approximate surface area is 107 Å². The zero-order chi connectivity index (χ0) is 9.26. The first-order valence-corrected chi connectivity index (χ1v) is 4.86. The predicted octanol–water partition coefficient (Wildman–Crippen LogP) is -1.70. The molecular weight excluding hydrogens is 211 g/mol. The van der Waals surface area contributed by atoms with Crippen molar-refractivity contribution < 1.29 is 43.1 Å². The van der Waals surface area contributed by atoms with Crippen molar-refractivity contribution in [2.24, 2.45) is 0 Å². The summed E-state index contributed by atoms with van der Waals surface area (Å²) in [7, 11) is 0. The molecule has 5 heteroatoms. The van der Waals surface area contributed by atoms with Crippen LogP contribution in [0.15, 0.2) is 29.2 Å². The molecule has 0 aliphatic carbocycles. The van der Waals surface area contributed by atoms with Gasteiger partial charge < -0.3 is 9.29 Å². The Morgan fingerprint density at radius 1 is 1.36 bits per heavy atom. The van der Waals surface area contributed by atoms with Gasteiger partial charge in [0.15, 0.2) is 0 Å². The van der Waals surface area contributed by atoms with Crippen molar-refractivity contribution in [1.82, 2.24) is 0 Å². The number of benzene rings is 1. The summed E-state index contributed by atoms with van der Waals surface area (Å²) in [5.41, 5.74) is 0.813. The van der Waals surface area contributed by atoms with Crippen LogP contribution in [0.2, 0.25) is 0 Å². The monoisotopic (exact) mass is 218 g/mol. The molecule has 0 bridgehead atoms. The summed E-state index contributed by atoms with van der Waals surface area (Å²) in [6.07, 6.45) is 1.63. The van der Waals surface area contributed by atoms with Crippen LogP contribution in [0.4, 0.5) is 0 Å². The maximum atomic E-state index is 10.6. The first kappa shape index (κ1) is 11.9. The summed E-state index contributed by atoms with van der Waals surface area (Å²) in [6, 6.07) is 7.33. The Morgan fingerprint density at radius 3 is 2.79 bits per heavy atom. The van der Waals surface area contributed by atoms with Crippen molar-refractivity contribution in [3.63, 3.8) is 0 Å². The van der Waals surface area contributed by atoms with Gasteiger partial charge in [-0.3, -0.25) is 4.21 Å². The predicted molar refractivity (Wildman–Crippen MR) is 48.8 cm³/mol. The number of hydrogen-bond donors (Lipinski definition) is 0. The van der Waals surface area contributed by atoms with Crippen LogP contribution < -0.4 is 34.3 Å². The molecule has 14 heavy (non-hydrogen) atoms. The van der Waals surface area contributed by atoms with Gasteiger partial charge in [-0.05, 0) is 23.2 Å². The van der Waals surface area contributed by atoms with E-state index in [1.807, 2.05) is 24.3 Å². The SMILES string of the molecule is O=S([O-])C1=Cc2ccccc2OC1.[Na+]. The normalized spacial score (nSPS) is 15.6. The van der Waals surface area contributed by atoms with Crippen molar-refractivity contribution in [3.05, 3.63) is 34.7 Å². The number of para-hydroxylation sites is 1. The minimum absolute atomic E-state index is 0. The van der Waals surface area contributed by atoms with Crippen LogP contribution in [0.3, 0.4) is 0 Å². The second-order valence-corrected chi connectivity index (χ2v) is 3.67. The average Bonchev–Trinajstić information content (AvgIpc) is 2.17. The molecule has 1 aromatic rings. The van der Waals surface area contributed by atoms with E-state index in [4.69, 9.17) is 4.74 Å². The number of hydrogen-bond acceptors (Lipinski definition) is 3. The van der Waals surface area contributed by atoms with E-state index in [2.05, 4.69) is 0 Å². The number of fused-ring (bicyclic) bond motifs is 1. The van der Waals surface area contributed by atoms with E-state index in [9.17, 15) is 8.76 Å². The third-order valence-electron chi connectivity index (χ3n) is 1.82. The van der Waals surface area contributed by atoms with Crippen molar-refractivity contribution in [2.45, 2.75) is 0 Å². The second kappa shape index (κ2) is 5.09. The summed E-state index contributed by atoms with van der Waals surface area (Å²) in [4.78, 5) is 0.290. The Balaban J connectivity index is 0.000000980. The van der Waals surface area contributed by atoms with Gasteiger partial charge in [-0.2, -0.15) is 0 Å². The third kappa shape index (κ3) is 2.46. The molecule has 0 spiro atoms. The molecule has 1 aliphatic heterocycles. The van der Waals surface area contributed by atoms with E-state index in [-0.39, 0.29) is 36.2 Å². The Kier molecular flexibility index (Phi) is 4.34. The molecule has 1 aliphatic rings. The average molecular weight is 218 g/mol.